The Balaban J connectivity index is 1.37. The Morgan fingerprint density at radius 2 is 2.22 bits per heavy atom. The molecule has 2 fully saturated rings. The molecule has 2 saturated carbocycles. The van der Waals surface area contributed by atoms with E-state index >= 15 is 0 Å². The molecule has 3 aromatic heterocycles. The molecular weight excluding hydrogens is 340 g/mol. The number of hydrogen-bond acceptors (Lipinski definition) is 5. The minimum absolute atomic E-state index is 0.343. The topological polar surface area (TPSA) is 80.5 Å². The maximum atomic E-state index is 5.78. The van der Waals surface area contributed by atoms with Crippen molar-refractivity contribution in [3.8, 4) is 0 Å². The normalized spacial score (nSPS) is 25.0. The largest absolute Gasteiger partial charge is 0.359 e. The van der Waals surface area contributed by atoms with E-state index in [4.69, 9.17) is 9.73 Å². The van der Waals surface area contributed by atoms with E-state index in [2.05, 4.69) is 31.5 Å². The molecule has 2 atom stereocenters. The standard InChI is InChI=1S/C20H26N6O/c1-2-14-8-15(23-12-27-11-13-4-3-5-13)9-16(14)20-25-24-18-10-22-19-17(26(18)20)6-7-21-19/h6-7,10,13-14,16,21H,2-5,8-9,11-12H2,1H3. The van der Waals surface area contributed by atoms with Gasteiger partial charge in [-0.2, -0.15) is 0 Å². The summed E-state index contributed by atoms with van der Waals surface area (Å²) in [5.74, 6) is 2.69. The monoisotopic (exact) mass is 366 g/mol. The first-order valence-corrected chi connectivity index (χ1v) is 10.1. The van der Waals surface area contributed by atoms with Crippen LogP contribution in [0.1, 0.15) is 57.2 Å². The molecule has 0 radical (unpaired) electrons. The molecule has 0 aliphatic heterocycles. The van der Waals surface area contributed by atoms with Gasteiger partial charge in [-0.3, -0.25) is 9.39 Å². The second kappa shape index (κ2) is 7.03. The first-order chi connectivity index (χ1) is 13.3. The molecule has 0 bridgehead atoms. The SMILES string of the molecule is CCC1CC(=NCOCC2CCC2)CC1c1nnc2cnc3[nH]ccc3n12. The van der Waals surface area contributed by atoms with E-state index in [0.717, 1.165) is 54.4 Å². The highest BCUT2D eigenvalue weighted by molar-refractivity contribution is 5.88. The fourth-order valence-electron chi connectivity index (χ4n) is 4.46. The van der Waals surface area contributed by atoms with Gasteiger partial charge >= 0.3 is 0 Å². The summed E-state index contributed by atoms with van der Waals surface area (Å²) in [5, 5.41) is 8.92. The van der Waals surface area contributed by atoms with Crippen molar-refractivity contribution < 1.29 is 4.74 Å². The van der Waals surface area contributed by atoms with Gasteiger partial charge in [0.25, 0.3) is 0 Å². The van der Waals surface area contributed by atoms with Gasteiger partial charge in [-0.25, -0.2) is 4.98 Å². The molecule has 7 nitrogen and oxygen atoms in total. The zero-order chi connectivity index (χ0) is 18.2. The van der Waals surface area contributed by atoms with E-state index in [-0.39, 0.29) is 0 Å². The lowest BCUT2D eigenvalue weighted by atomic mass is 9.86. The highest BCUT2D eigenvalue weighted by atomic mass is 16.5. The maximum Gasteiger partial charge on any atom is 0.179 e. The molecule has 2 unspecified atom stereocenters. The van der Waals surface area contributed by atoms with Crippen molar-refractivity contribution in [3.63, 3.8) is 0 Å². The Bertz CT molecular complexity index is 969. The summed E-state index contributed by atoms with van der Waals surface area (Å²) in [7, 11) is 0. The van der Waals surface area contributed by atoms with Crippen LogP contribution in [0, 0.1) is 11.8 Å². The van der Waals surface area contributed by atoms with Crippen LogP contribution in [0.5, 0.6) is 0 Å². The maximum absolute atomic E-state index is 5.78. The smallest absolute Gasteiger partial charge is 0.179 e. The van der Waals surface area contributed by atoms with Crippen molar-refractivity contribution in [3.05, 3.63) is 24.3 Å². The lowest BCUT2D eigenvalue weighted by molar-refractivity contribution is 0.0754. The van der Waals surface area contributed by atoms with Crippen LogP contribution in [0.4, 0.5) is 0 Å². The van der Waals surface area contributed by atoms with E-state index in [9.17, 15) is 0 Å². The molecule has 27 heavy (non-hydrogen) atoms. The molecule has 3 heterocycles. The van der Waals surface area contributed by atoms with E-state index in [1.165, 1.54) is 25.0 Å². The van der Waals surface area contributed by atoms with Crippen molar-refractivity contribution in [2.24, 2.45) is 16.8 Å². The van der Waals surface area contributed by atoms with E-state index in [0.29, 0.717) is 18.6 Å². The van der Waals surface area contributed by atoms with Crippen molar-refractivity contribution in [2.75, 3.05) is 13.3 Å². The first kappa shape index (κ1) is 16.9. The number of fused-ring (bicyclic) bond motifs is 3. The molecular formula is C20H26N6O. The van der Waals surface area contributed by atoms with Crippen LogP contribution in [0.3, 0.4) is 0 Å². The van der Waals surface area contributed by atoms with Crippen molar-refractivity contribution >= 4 is 22.5 Å². The lowest BCUT2D eigenvalue weighted by Crippen LogP contribution is -2.17. The Hall–Kier alpha value is -2.28. The number of ether oxygens (including phenoxy) is 1. The van der Waals surface area contributed by atoms with Gasteiger partial charge in [0, 0.05) is 17.8 Å². The predicted molar refractivity (Wildman–Crippen MR) is 104 cm³/mol. The van der Waals surface area contributed by atoms with Crippen LogP contribution < -0.4 is 0 Å². The summed E-state index contributed by atoms with van der Waals surface area (Å²) in [6.45, 7) is 3.62. The third-order valence-corrected chi connectivity index (χ3v) is 6.30. The first-order valence-electron chi connectivity index (χ1n) is 10.1. The summed E-state index contributed by atoms with van der Waals surface area (Å²) >= 11 is 0. The summed E-state index contributed by atoms with van der Waals surface area (Å²) in [4.78, 5) is 12.4. The molecule has 0 saturated heterocycles. The minimum atomic E-state index is 0.343. The van der Waals surface area contributed by atoms with Gasteiger partial charge in [0.15, 0.2) is 11.3 Å². The summed E-state index contributed by atoms with van der Waals surface area (Å²) in [6.07, 6.45) is 10.8. The fourth-order valence-corrected chi connectivity index (χ4v) is 4.46. The van der Waals surface area contributed by atoms with E-state index in [1.54, 1.807) is 6.20 Å². The minimum Gasteiger partial charge on any atom is -0.359 e. The van der Waals surface area contributed by atoms with Gasteiger partial charge in [-0.15, -0.1) is 10.2 Å². The molecule has 0 amide bonds. The summed E-state index contributed by atoms with van der Waals surface area (Å²) in [5.41, 5.74) is 3.97. The van der Waals surface area contributed by atoms with Crippen LogP contribution in [-0.2, 0) is 4.74 Å². The molecule has 1 N–H and O–H groups in total. The summed E-state index contributed by atoms with van der Waals surface area (Å²) in [6, 6.07) is 2.04. The third kappa shape index (κ3) is 3.04. The summed E-state index contributed by atoms with van der Waals surface area (Å²) < 4.78 is 7.93. The molecule has 0 aromatic carbocycles. The van der Waals surface area contributed by atoms with E-state index < -0.39 is 0 Å². The van der Waals surface area contributed by atoms with Gasteiger partial charge in [0.1, 0.15) is 12.6 Å². The van der Waals surface area contributed by atoms with E-state index in [1.807, 2.05) is 12.3 Å². The second-order valence-corrected chi connectivity index (χ2v) is 7.93. The molecule has 0 spiro atoms. The average molecular weight is 366 g/mol. The van der Waals surface area contributed by atoms with Crippen LogP contribution >= 0.6 is 0 Å². The predicted octanol–water partition coefficient (Wildman–Crippen LogP) is 3.72. The number of aromatic amines is 1. The molecule has 2 aliphatic rings. The Kier molecular flexibility index (Phi) is 4.39. The van der Waals surface area contributed by atoms with Crippen molar-refractivity contribution in [1.82, 2.24) is 24.6 Å². The van der Waals surface area contributed by atoms with Gasteiger partial charge < -0.3 is 9.72 Å². The number of aromatic nitrogens is 5. The van der Waals surface area contributed by atoms with Gasteiger partial charge in [0.2, 0.25) is 0 Å². The molecule has 142 valence electrons. The quantitative estimate of drug-likeness (QED) is 0.674. The Labute approximate surface area is 158 Å². The van der Waals surface area contributed by atoms with Crippen molar-refractivity contribution in [2.45, 2.75) is 51.4 Å². The molecule has 7 heteroatoms. The van der Waals surface area contributed by atoms with Crippen LogP contribution in [0.15, 0.2) is 23.5 Å². The zero-order valence-corrected chi connectivity index (χ0v) is 15.8. The van der Waals surface area contributed by atoms with Crippen molar-refractivity contribution in [1.29, 1.82) is 0 Å². The lowest BCUT2D eigenvalue weighted by Gasteiger charge is -2.24. The number of rotatable bonds is 6. The van der Waals surface area contributed by atoms with Gasteiger partial charge in [0.05, 0.1) is 18.3 Å². The number of nitrogens with zero attached hydrogens (tertiary/aromatic N) is 5. The third-order valence-electron chi connectivity index (χ3n) is 6.30. The highest BCUT2D eigenvalue weighted by Gasteiger charge is 2.35. The Morgan fingerprint density at radius 3 is 3.04 bits per heavy atom. The fraction of sp³-hybridized carbons (Fsp3) is 0.600. The number of hydrogen-bond donors (Lipinski definition) is 1. The Morgan fingerprint density at radius 1 is 1.30 bits per heavy atom. The van der Waals surface area contributed by atoms with Crippen LogP contribution in [0.2, 0.25) is 0 Å². The number of nitrogens with one attached hydrogen (secondary N) is 1. The number of aliphatic imine (C=N–C) groups is 1. The average Bonchev–Trinajstić information content (AvgIpc) is 3.35. The molecule has 2 aliphatic carbocycles. The van der Waals surface area contributed by atoms with Crippen LogP contribution in [0.25, 0.3) is 16.8 Å². The zero-order valence-electron chi connectivity index (χ0n) is 15.8. The highest BCUT2D eigenvalue weighted by Crippen LogP contribution is 2.40. The molecule has 5 rings (SSSR count). The number of H-pyrrole nitrogens is 1. The van der Waals surface area contributed by atoms with Crippen LogP contribution in [-0.4, -0.2) is 43.6 Å². The van der Waals surface area contributed by atoms with Gasteiger partial charge in [-0.05, 0) is 43.6 Å². The second-order valence-electron chi connectivity index (χ2n) is 7.93. The molecule has 3 aromatic rings. The van der Waals surface area contributed by atoms with Gasteiger partial charge in [-0.1, -0.05) is 19.8 Å².